The van der Waals surface area contributed by atoms with Gasteiger partial charge in [-0.05, 0) is 12.1 Å². The lowest BCUT2D eigenvalue weighted by atomic mass is 10.3. The highest BCUT2D eigenvalue weighted by Crippen LogP contribution is 2.13. The smallest absolute Gasteiger partial charge is 0.246 e. The first-order valence-electron chi connectivity index (χ1n) is 5.37. The Hall–Kier alpha value is -1.84. The van der Waals surface area contributed by atoms with Crippen LogP contribution in [0.1, 0.15) is 18.6 Å². The minimum atomic E-state index is 0.636. The fraction of sp³-hybridized carbons (Fsp3) is 0.333. The zero-order valence-electron chi connectivity index (χ0n) is 9.55. The minimum Gasteiger partial charge on any atom is -0.365 e. The predicted octanol–water partition coefficient (Wildman–Crippen LogP) is 2.27. The summed E-state index contributed by atoms with van der Waals surface area (Å²) in [6.45, 7) is 2.65. The molecule has 0 radical (unpaired) electrons. The lowest BCUT2D eigenvalue weighted by Crippen LogP contribution is -2.16. The Morgan fingerprint density at radius 1 is 1.25 bits per heavy atom. The van der Waals surface area contributed by atoms with Crippen LogP contribution in [0.2, 0.25) is 0 Å². The third kappa shape index (κ3) is 2.39. The number of hydrogen-bond donors (Lipinski definition) is 0. The van der Waals surface area contributed by atoms with Crippen LogP contribution in [0.5, 0.6) is 0 Å². The summed E-state index contributed by atoms with van der Waals surface area (Å²) in [4.78, 5) is 6.35. The molecule has 2 rings (SSSR count). The number of benzene rings is 1. The van der Waals surface area contributed by atoms with E-state index in [0.717, 1.165) is 17.9 Å². The van der Waals surface area contributed by atoms with Gasteiger partial charge in [0.2, 0.25) is 5.89 Å². The summed E-state index contributed by atoms with van der Waals surface area (Å²) >= 11 is 0. The SMILES string of the molecule is CCc1noc(CN(C)c2ccccc2)n1. The van der Waals surface area contributed by atoms with E-state index in [9.17, 15) is 0 Å². The molecule has 0 amide bonds. The average molecular weight is 217 g/mol. The number of rotatable bonds is 4. The van der Waals surface area contributed by atoms with Crippen molar-refractivity contribution in [2.45, 2.75) is 19.9 Å². The Labute approximate surface area is 94.9 Å². The normalized spacial score (nSPS) is 10.4. The lowest BCUT2D eigenvalue weighted by Gasteiger charge is -2.16. The van der Waals surface area contributed by atoms with Crippen LogP contribution in [0.3, 0.4) is 0 Å². The topological polar surface area (TPSA) is 42.2 Å². The van der Waals surface area contributed by atoms with Crippen LogP contribution >= 0.6 is 0 Å². The van der Waals surface area contributed by atoms with Gasteiger partial charge in [0.05, 0.1) is 6.54 Å². The van der Waals surface area contributed by atoms with Crippen LogP contribution in [0.25, 0.3) is 0 Å². The first-order chi connectivity index (χ1) is 7.79. The van der Waals surface area contributed by atoms with Crippen molar-refractivity contribution in [1.82, 2.24) is 10.1 Å². The second-order valence-corrected chi connectivity index (χ2v) is 3.65. The zero-order chi connectivity index (χ0) is 11.4. The summed E-state index contributed by atoms with van der Waals surface area (Å²) in [6.07, 6.45) is 0.804. The number of nitrogens with zero attached hydrogens (tertiary/aromatic N) is 3. The largest absolute Gasteiger partial charge is 0.365 e. The van der Waals surface area contributed by atoms with Gasteiger partial charge in [-0.1, -0.05) is 30.3 Å². The summed E-state index contributed by atoms with van der Waals surface area (Å²) in [5.41, 5.74) is 1.14. The van der Waals surface area contributed by atoms with Gasteiger partial charge < -0.3 is 9.42 Å². The summed E-state index contributed by atoms with van der Waals surface area (Å²) < 4.78 is 5.14. The van der Waals surface area contributed by atoms with Crippen molar-refractivity contribution in [3.05, 3.63) is 42.0 Å². The molecule has 0 aliphatic rings. The average Bonchev–Trinajstić information content (AvgIpc) is 2.78. The lowest BCUT2D eigenvalue weighted by molar-refractivity contribution is 0.373. The van der Waals surface area contributed by atoms with Gasteiger partial charge in [-0.25, -0.2) is 0 Å². The Kier molecular flexibility index (Phi) is 3.19. The van der Waals surface area contributed by atoms with Crippen molar-refractivity contribution in [2.24, 2.45) is 0 Å². The molecule has 0 bridgehead atoms. The molecular weight excluding hydrogens is 202 g/mol. The van der Waals surface area contributed by atoms with Gasteiger partial charge in [-0.15, -0.1) is 0 Å². The van der Waals surface area contributed by atoms with Crippen molar-refractivity contribution >= 4 is 5.69 Å². The molecule has 0 aliphatic carbocycles. The van der Waals surface area contributed by atoms with E-state index in [2.05, 4.69) is 27.2 Å². The Balaban J connectivity index is 2.05. The fourth-order valence-corrected chi connectivity index (χ4v) is 1.47. The fourth-order valence-electron chi connectivity index (χ4n) is 1.47. The van der Waals surface area contributed by atoms with E-state index in [4.69, 9.17) is 4.52 Å². The van der Waals surface area contributed by atoms with Gasteiger partial charge >= 0.3 is 0 Å². The van der Waals surface area contributed by atoms with Crippen LogP contribution in [0.15, 0.2) is 34.9 Å². The molecule has 4 heteroatoms. The molecule has 0 unspecified atom stereocenters. The van der Waals surface area contributed by atoms with Crippen LogP contribution in [0.4, 0.5) is 5.69 Å². The first kappa shape index (κ1) is 10.7. The number of aromatic nitrogens is 2. The Bertz CT molecular complexity index is 439. The molecule has 0 spiro atoms. The standard InChI is InChI=1S/C12H15N3O/c1-3-11-13-12(16-14-11)9-15(2)10-7-5-4-6-8-10/h4-8H,3,9H2,1-2H3. The summed E-state index contributed by atoms with van der Waals surface area (Å²) in [5, 5.41) is 3.87. The highest BCUT2D eigenvalue weighted by molar-refractivity contribution is 5.44. The van der Waals surface area contributed by atoms with Gasteiger partial charge in [0, 0.05) is 19.2 Å². The number of anilines is 1. The van der Waals surface area contributed by atoms with Crippen molar-refractivity contribution in [2.75, 3.05) is 11.9 Å². The molecule has 1 heterocycles. The molecule has 84 valence electrons. The molecule has 2 aromatic rings. The third-order valence-corrected chi connectivity index (χ3v) is 2.40. The molecule has 0 saturated heterocycles. The predicted molar refractivity (Wildman–Crippen MR) is 62.2 cm³/mol. The second-order valence-electron chi connectivity index (χ2n) is 3.65. The number of aryl methyl sites for hydroxylation is 1. The van der Waals surface area contributed by atoms with E-state index in [-0.39, 0.29) is 0 Å². The maximum atomic E-state index is 5.14. The Morgan fingerprint density at radius 2 is 2.00 bits per heavy atom. The summed E-state index contributed by atoms with van der Waals surface area (Å²) in [6, 6.07) is 10.1. The minimum absolute atomic E-state index is 0.636. The monoisotopic (exact) mass is 217 g/mol. The van der Waals surface area contributed by atoms with Gasteiger partial charge in [0.1, 0.15) is 0 Å². The van der Waals surface area contributed by atoms with E-state index < -0.39 is 0 Å². The van der Waals surface area contributed by atoms with Crippen molar-refractivity contribution < 1.29 is 4.52 Å². The number of para-hydroxylation sites is 1. The molecule has 0 atom stereocenters. The third-order valence-electron chi connectivity index (χ3n) is 2.40. The second kappa shape index (κ2) is 4.79. The van der Waals surface area contributed by atoms with Crippen molar-refractivity contribution in [1.29, 1.82) is 0 Å². The van der Waals surface area contributed by atoms with Crippen LogP contribution in [0, 0.1) is 0 Å². The van der Waals surface area contributed by atoms with Crippen LogP contribution < -0.4 is 4.90 Å². The maximum Gasteiger partial charge on any atom is 0.246 e. The van der Waals surface area contributed by atoms with Gasteiger partial charge in [-0.3, -0.25) is 0 Å². The molecule has 0 saturated carbocycles. The first-order valence-corrected chi connectivity index (χ1v) is 5.37. The van der Waals surface area contributed by atoms with Crippen molar-refractivity contribution in [3.63, 3.8) is 0 Å². The molecular formula is C12H15N3O. The maximum absolute atomic E-state index is 5.14. The van der Waals surface area contributed by atoms with E-state index in [1.54, 1.807) is 0 Å². The molecule has 0 N–H and O–H groups in total. The quantitative estimate of drug-likeness (QED) is 0.787. The van der Waals surface area contributed by atoms with Crippen molar-refractivity contribution in [3.8, 4) is 0 Å². The summed E-state index contributed by atoms with van der Waals surface area (Å²) in [5.74, 6) is 1.42. The highest BCUT2D eigenvalue weighted by Gasteiger charge is 2.08. The molecule has 0 aliphatic heterocycles. The van der Waals surface area contributed by atoms with E-state index in [1.165, 1.54) is 0 Å². The molecule has 1 aromatic heterocycles. The summed E-state index contributed by atoms with van der Waals surface area (Å²) in [7, 11) is 2.01. The molecule has 1 aromatic carbocycles. The Morgan fingerprint density at radius 3 is 2.62 bits per heavy atom. The number of hydrogen-bond acceptors (Lipinski definition) is 4. The van der Waals surface area contributed by atoms with Gasteiger partial charge in [-0.2, -0.15) is 4.98 Å². The van der Waals surface area contributed by atoms with Gasteiger partial charge in [0.15, 0.2) is 5.82 Å². The van der Waals surface area contributed by atoms with Gasteiger partial charge in [0.25, 0.3) is 0 Å². The van der Waals surface area contributed by atoms with E-state index >= 15 is 0 Å². The highest BCUT2D eigenvalue weighted by atomic mass is 16.5. The van der Waals surface area contributed by atoms with E-state index in [0.29, 0.717) is 12.4 Å². The van der Waals surface area contributed by atoms with E-state index in [1.807, 2.05) is 32.2 Å². The molecule has 16 heavy (non-hydrogen) atoms. The molecule has 4 nitrogen and oxygen atoms in total. The van der Waals surface area contributed by atoms with Crippen LogP contribution in [-0.2, 0) is 13.0 Å². The molecule has 0 fully saturated rings. The van der Waals surface area contributed by atoms with Crippen LogP contribution in [-0.4, -0.2) is 17.2 Å². The zero-order valence-corrected chi connectivity index (χ0v) is 9.55.